The van der Waals surface area contributed by atoms with Crippen molar-refractivity contribution in [2.24, 2.45) is 0 Å². The van der Waals surface area contributed by atoms with Crippen LogP contribution >= 0.6 is 0 Å². The topological polar surface area (TPSA) is 55.8 Å². The molecule has 0 amide bonds. The first-order chi connectivity index (χ1) is 12.7. The average Bonchev–Trinajstić information content (AvgIpc) is 2.88. The van der Waals surface area contributed by atoms with Crippen molar-refractivity contribution in [2.45, 2.75) is 66.1 Å². The average molecular weight is 368 g/mol. The number of rotatable bonds is 6. The highest BCUT2D eigenvalue weighted by Gasteiger charge is 2.32. The Balaban J connectivity index is 1.79. The van der Waals surface area contributed by atoms with Gasteiger partial charge in [0.2, 0.25) is 0 Å². The van der Waals surface area contributed by atoms with Gasteiger partial charge in [0.1, 0.15) is 23.7 Å². The lowest BCUT2D eigenvalue weighted by molar-refractivity contribution is -0.136. The van der Waals surface area contributed by atoms with Crippen LogP contribution in [0.15, 0.2) is 24.3 Å². The van der Waals surface area contributed by atoms with Crippen LogP contribution in [0.3, 0.4) is 0 Å². The van der Waals surface area contributed by atoms with Crippen LogP contribution in [0.5, 0.6) is 11.5 Å². The van der Waals surface area contributed by atoms with Crippen LogP contribution in [0.4, 0.5) is 0 Å². The van der Waals surface area contributed by atoms with Gasteiger partial charge in [0.15, 0.2) is 0 Å². The second kappa shape index (κ2) is 7.26. The Labute approximate surface area is 161 Å². The molecule has 3 rings (SSSR count). The van der Waals surface area contributed by atoms with Crippen molar-refractivity contribution in [1.82, 2.24) is 0 Å². The van der Waals surface area contributed by atoms with E-state index in [0.717, 1.165) is 40.2 Å². The monoisotopic (exact) mass is 368 g/mol. The molecule has 0 aromatic heterocycles. The van der Waals surface area contributed by atoms with Gasteiger partial charge in [-0.3, -0.25) is 4.79 Å². The number of benzene rings is 2. The van der Waals surface area contributed by atoms with Gasteiger partial charge in [0.25, 0.3) is 0 Å². The third-order valence-corrected chi connectivity index (χ3v) is 5.22. The van der Waals surface area contributed by atoms with E-state index in [2.05, 4.69) is 32.9 Å². The third-order valence-electron chi connectivity index (χ3n) is 5.22. The maximum absolute atomic E-state index is 10.8. The van der Waals surface area contributed by atoms with Crippen LogP contribution in [0.1, 0.15) is 53.6 Å². The standard InChI is InChI=1S/C23H28O4/c1-14-10-18-12-23(4,5)27-22(18)19(11-14)13-26-20-8-6-17(7-9-21(24)25)15(2)16(20)3/h6,8,10-11H,7,9,12-13H2,1-5H3,(H,24,25). The smallest absolute Gasteiger partial charge is 0.303 e. The van der Waals surface area contributed by atoms with Gasteiger partial charge in [-0.2, -0.15) is 0 Å². The van der Waals surface area contributed by atoms with Crippen molar-refractivity contribution in [2.75, 3.05) is 0 Å². The number of carbonyl (C=O) groups is 1. The molecule has 2 aromatic carbocycles. The summed E-state index contributed by atoms with van der Waals surface area (Å²) in [4.78, 5) is 10.8. The molecule has 144 valence electrons. The van der Waals surface area contributed by atoms with E-state index < -0.39 is 5.97 Å². The number of hydrogen-bond acceptors (Lipinski definition) is 3. The highest BCUT2D eigenvalue weighted by molar-refractivity contribution is 5.67. The van der Waals surface area contributed by atoms with Crippen molar-refractivity contribution < 1.29 is 19.4 Å². The molecule has 27 heavy (non-hydrogen) atoms. The van der Waals surface area contributed by atoms with E-state index in [-0.39, 0.29) is 12.0 Å². The largest absolute Gasteiger partial charge is 0.488 e. The molecule has 0 fully saturated rings. The van der Waals surface area contributed by atoms with E-state index in [1.165, 1.54) is 11.1 Å². The molecule has 0 unspecified atom stereocenters. The number of aliphatic carboxylic acids is 1. The molecular formula is C23H28O4. The molecule has 1 heterocycles. The first kappa shape index (κ1) is 19.3. The normalized spacial score (nSPS) is 14.6. The summed E-state index contributed by atoms with van der Waals surface area (Å²) in [5.41, 5.74) is 6.57. The third kappa shape index (κ3) is 4.26. The van der Waals surface area contributed by atoms with Crippen molar-refractivity contribution in [3.05, 3.63) is 57.6 Å². The molecular weight excluding hydrogens is 340 g/mol. The lowest BCUT2D eigenvalue weighted by atomic mass is 9.98. The lowest BCUT2D eigenvalue weighted by Crippen LogP contribution is -2.25. The van der Waals surface area contributed by atoms with Crippen molar-refractivity contribution in [3.8, 4) is 11.5 Å². The maximum Gasteiger partial charge on any atom is 0.303 e. The summed E-state index contributed by atoms with van der Waals surface area (Å²) >= 11 is 0. The summed E-state index contributed by atoms with van der Waals surface area (Å²) in [7, 11) is 0. The second-order valence-electron chi connectivity index (χ2n) is 8.11. The molecule has 0 saturated heterocycles. The zero-order valence-electron chi connectivity index (χ0n) is 16.8. The zero-order valence-corrected chi connectivity index (χ0v) is 16.8. The Morgan fingerprint density at radius 1 is 1.15 bits per heavy atom. The van der Waals surface area contributed by atoms with E-state index in [1.807, 2.05) is 26.0 Å². The van der Waals surface area contributed by atoms with E-state index in [0.29, 0.717) is 13.0 Å². The molecule has 4 heteroatoms. The number of fused-ring (bicyclic) bond motifs is 1. The molecule has 0 radical (unpaired) electrons. The molecule has 2 aromatic rings. The fourth-order valence-electron chi connectivity index (χ4n) is 3.75. The Hall–Kier alpha value is -2.49. The van der Waals surface area contributed by atoms with Gasteiger partial charge in [-0.1, -0.05) is 17.7 Å². The minimum Gasteiger partial charge on any atom is -0.488 e. The summed E-state index contributed by atoms with van der Waals surface area (Å²) in [5.74, 6) is 1.01. The first-order valence-electron chi connectivity index (χ1n) is 9.41. The van der Waals surface area contributed by atoms with Gasteiger partial charge >= 0.3 is 5.97 Å². The first-order valence-corrected chi connectivity index (χ1v) is 9.41. The van der Waals surface area contributed by atoms with Crippen LogP contribution < -0.4 is 9.47 Å². The molecule has 1 aliphatic heterocycles. The molecule has 0 atom stereocenters. The number of hydrogen-bond donors (Lipinski definition) is 1. The van der Waals surface area contributed by atoms with Crippen LogP contribution in [0.25, 0.3) is 0 Å². The van der Waals surface area contributed by atoms with Gasteiger partial charge in [0.05, 0.1) is 0 Å². The van der Waals surface area contributed by atoms with E-state index in [1.54, 1.807) is 0 Å². The van der Waals surface area contributed by atoms with Crippen LogP contribution in [-0.2, 0) is 24.2 Å². The predicted molar refractivity (Wildman–Crippen MR) is 106 cm³/mol. The van der Waals surface area contributed by atoms with Crippen LogP contribution in [0, 0.1) is 20.8 Å². The van der Waals surface area contributed by atoms with Gasteiger partial charge in [-0.05, 0) is 75.4 Å². The fraction of sp³-hybridized carbons (Fsp3) is 0.435. The molecule has 0 spiro atoms. The van der Waals surface area contributed by atoms with Gasteiger partial charge in [0, 0.05) is 18.4 Å². The van der Waals surface area contributed by atoms with Crippen molar-refractivity contribution >= 4 is 5.97 Å². The summed E-state index contributed by atoms with van der Waals surface area (Å²) in [6.07, 6.45) is 1.59. The number of aryl methyl sites for hydroxylation is 2. The van der Waals surface area contributed by atoms with Crippen molar-refractivity contribution in [1.29, 1.82) is 0 Å². The van der Waals surface area contributed by atoms with Crippen LogP contribution in [-0.4, -0.2) is 16.7 Å². The Bertz CT molecular complexity index is 880. The van der Waals surface area contributed by atoms with E-state index in [9.17, 15) is 4.79 Å². The molecule has 4 nitrogen and oxygen atoms in total. The summed E-state index contributed by atoms with van der Waals surface area (Å²) < 4.78 is 12.3. The lowest BCUT2D eigenvalue weighted by Gasteiger charge is -2.19. The maximum atomic E-state index is 10.8. The predicted octanol–water partition coefficient (Wildman–Crippen LogP) is 4.92. The zero-order chi connectivity index (χ0) is 19.8. The minimum atomic E-state index is -0.774. The number of ether oxygens (including phenoxy) is 2. The molecule has 0 saturated carbocycles. The van der Waals surface area contributed by atoms with E-state index >= 15 is 0 Å². The summed E-state index contributed by atoms with van der Waals surface area (Å²) in [5, 5.41) is 8.90. The van der Waals surface area contributed by atoms with Gasteiger partial charge in [-0.15, -0.1) is 0 Å². The van der Waals surface area contributed by atoms with E-state index in [4.69, 9.17) is 14.6 Å². The SMILES string of the molecule is Cc1cc(COc2ccc(CCC(=O)O)c(C)c2C)c2c(c1)CC(C)(C)O2. The number of carboxylic acid groups (broad SMARTS) is 1. The second-order valence-corrected chi connectivity index (χ2v) is 8.11. The Morgan fingerprint density at radius 3 is 2.59 bits per heavy atom. The highest BCUT2D eigenvalue weighted by atomic mass is 16.5. The molecule has 0 aliphatic carbocycles. The minimum absolute atomic E-state index is 0.142. The quantitative estimate of drug-likeness (QED) is 0.786. The van der Waals surface area contributed by atoms with Crippen LogP contribution in [0.2, 0.25) is 0 Å². The van der Waals surface area contributed by atoms with Gasteiger partial charge < -0.3 is 14.6 Å². The molecule has 1 aliphatic rings. The molecule has 1 N–H and O–H groups in total. The van der Waals surface area contributed by atoms with Gasteiger partial charge in [-0.25, -0.2) is 0 Å². The summed E-state index contributed by atoms with van der Waals surface area (Å²) in [6.45, 7) is 10.8. The summed E-state index contributed by atoms with van der Waals surface area (Å²) in [6, 6.07) is 8.24. The Kier molecular flexibility index (Phi) is 5.18. The molecule has 0 bridgehead atoms. The fourth-order valence-corrected chi connectivity index (χ4v) is 3.75. The number of carboxylic acids is 1. The van der Waals surface area contributed by atoms with Crippen molar-refractivity contribution in [3.63, 3.8) is 0 Å². The highest BCUT2D eigenvalue weighted by Crippen LogP contribution is 2.39. The Morgan fingerprint density at radius 2 is 1.89 bits per heavy atom.